The molecule has 0 aliphatic carbocycles. The molecule has 0 N–H and O–H groups in total. The summed E-state index contributed by atoms with van der Waals surface area (Å²) in [6, 6.07) is 90.5. The average Bonchev–Trinajstić information content (AvgIpc) is 2.28. The van der Waals surface area contributed by atoms with Crippen LogP contribution in [0.15, 0.2) is 242 Å². The van der Waals surface area contributed by atoms with Gasteiger partial charge in [0.2, 0.25) is 0 Å². The molecule has 0 unspecified atom stereocenters. The van der Waals surface area contributed by atoms with Crippen LogP contribution in [0.2, 0.25) is 0 Å². The van der Waals surface area contributed by atoms with Crippen molar-refractivity contribution in [1.82, 2.24) is 14.0 Å². The molecule has 1 aliphatic heterocycles. The predicted molar refractivity (Wildman–Crippen MR) is 344 cm³/mol. The van der Waals surface area contributed by atoms with Crippen LogP contribution in [-0.2, 0) is 26.5 Å². The average molecular weight is 1240 g/mol. The fourth-order valence-electron chi connectivity index (χ4n) is 13.3. The van der Waals surface area contributed by atoms with E-state index in [2.05, 4.69) is 274 Å². The first-order chi connectivity index (χ1) is 40.3. The molecular formula is C77H51N4OPt-3. The summed E-state index contributed by atoms with van der Waals surface area (Å²) in [7, 11) is 0. The first-order valence-electron chi connectivity index (χ1n) is 28.1. The van der Waals surface area contributed by atoms with Crippen molar-refractivity contribution in [3.05, 3.63) is 260 Å². The fraction of sp³-hybridized carbons (Fsp3) is 0.0649. The number of hydrogen-bond acceptors (Lipinski definition) is 3. The molecule has 15 aromatic rings. The topological polar surface area (TPSA) is 43.8 Å². The van der Waals surface area contributed by atoms with Crippen LogP contribution in [0.1, 0.15) is 31.9 Å². The Bertz CT molecular complexity index is 5390. The third kappa shape index (κ3) is 7.86. The number of rotatable bonds is 2. The summed E-state index contributed by atoms with van der Waals surface area (Å²) in [5.41, 5.74) is 14.0. The molecule has 2 bridgehead atoms. The molecule has 16 rings (SSSR count). The van der Waals surface area contributed by atoms with Gasteiger partial charge in [0.05, 0.1) is 0 Å². The van der Waals surface area contributed by atoms with Crippen molar-refractivity contribution in [3.8, 4) is 44.9 Å². The molecule has 0 radical (unpaired) electrons. The fourth-order valence-corrected chi connectivity index (χ4v) is 13.3. The second kappa shape index (κ2) is 19.5. The van der Waals surface area contributed by atoms with Gasteiger partial charge in [-0.2, -0.15) is 18.2 Å². The Balaban J connectivity index is 0.00000588. The van der Waals surface area contributed by atoms with Crippen molar-refractivity contribution in [3.63, 3.8) is 0 Å². The quantitative estimate of drug-likeness (QED) is 0.162. The maximum atomic E-state index is 7.18. The number of hydrogen-bond donors (Lipinski definition) is 0. The third-order valence-corrected chi connectivity index (χ3v) is 16.9. The van der Waals surface area contributed by atoms with Crippen molar-refractivity contribution in [2.45, 2.75) is 33.1 Å². The Hall–Kier alpha value is -9.67. The molecular weight excluding hydrogens is 1190 g/mol. The van der Waals surface area contributed by atoms with E-state index >= 15 is 0 Å². The number of para-hydroxylation sites is 2. The van der Waals surface area contributed by atoms with E-state index in [1.54, 1.807) is 0 Å². The predicted octanol–water partition coefficient (Wildman–Crippen LogP) is 20.6. The number of aryl methyl sites for hydroxylation is 1. The molecule has 0 amide bonds. The number of benzene rings is 11. The Morgan fingerprint density at radius 2 is 0.807 bits per heavy atom. The minimum absolute atomic E-state index is 0. The molecule has 11 aromatic carbocycles. The van der Waals surface area contributed by atoms with Gasteiger partial charge >= 0.3 is 0 Å². The van der Waals surface area contributed by atoms with Crippen LogP contribution in [0.25, 0.3) is 137 Å². The smallest absolute Gasteiger partial charge is 0.143 e. The largest absolute Gasteiger partial charge is 0.510 e. The van der Waals surface area contributed by atoms with E-state index in [9.17, 15) is 0 Å². The third-order valence-electron chi connectivity index (χ3n) is 16.9. The Labute approximate surface area is 494 Å². The zero-order chi connectivity index (χ0) is 54.8. The van der Waals surface area contributed by atoms with Gasteiger partial charge in [-0.15, -0.1) is 34.5 Å². The summed E-state index contributed by atoms with van der Waals surface area (Å²) in [6.45, 7) is 9.11. The van der Waals surface area contributed by atoms with Gasteiger partial charge in [-0.05, 0) is 117 Å². The second-order valence-electron chi connectivity index (χ2n) is 22.6. The van der Waals surface area contributed by atoms with E-state index < -0.39 is 0 Å². The molecule has 398 valence electrons. The van der Waals surface area contributed by atoms with E-state index in [0.717, 1.165) is 137 Å². The van der Waals surface area contributed by atoms with Gasteiger partial charge in [0.1, 0.15) is 5.65 Å². The zero-order valence-electron chi connectivity index (χ0n) is 46.0. The van der Waals surface area contributed by atoms with E-state index in [1.807, 2.05) is 18.3 Å². The van der Waals surface area contributed by atoms with Gasteiger partial charge < -0.3 is 18.7 Å². The number of nitrogens with zero attached hydrogens (tertiary/aromatic N) is 4. The number of pyridine rings is 1. The molecule has 5 nitrogen and oxygen atoms in total. The Morgan fingerprint density at radius 1 is 0.386 bits per heavy atom. The molecule has 0 atom stereocenters. The van der Waals surface area contributed by atoms with Crippen LogP contribution < -0.4 is 4.74 Å². The molecule has 4 aromatic heterocycles. The summed E-state index contributed by atoms with van der Waals surface area (Å²) in [5.74, 6) is 1.06. The summed E-state index contributed by atoms with van der Waals surface area (Å²) in [5, 5.41) is 15.4. The summed E-state index contributed by atoms with van der Waals surface area (Å²) in [4.78, 5) is 10.8. The molecule has 1 aliphatic rings. The molecule has 0 fully saturated rings. The van der Waals surface area contributed by atoms with Crippen LogP contribution in [0.3, 0.4) is 0 Å². The maximum Gasteiger partial charge on any atom is 0.143 e. The van der Waals surface area contributed by atoms with Gasteiger partial charge in [0.15, 0.2) is 0 Å². The second-order valence-corrected chi connectivity index (χ2v) is 22.6. The zero-order valence-corrected chi connectivity index (χ0v) is 48.3. The standard InChI is InChI=1S/C77H51N4O.Pt/c1-47-50-40-41-68-61-30-14-9-24-55(61)54-23-8-12-27-58(54)63-38-36-48(44-71(63)80(74(47)68)46-79-70-35-18-17-31-62(70)57-26-11-7-22-53(57)52-21-6-5-20-51(50)52)82-49-37-39-64-67-34-19-33-66-60-29-13-10-25-56(60)59-28-15-16-32-65(59)73-69(77(2,3)4)42-43-78-76(73)81(75(66)67)72(64)45-49;/h5-43H,1-4H3;/q-3;. The van der Waals surface area contributed by atoms with Crippen LogP contribution in [0.4, 0.5) is 5.69 Å². The van der Waals surface area contributed by atoms with Crippen LogP contribution in [0.5, 0.6) is 11.5 Å². The molecule has 0 saturated carbocycles. The number of ether oxygens (including phenoxy) is 1. The van der Waals surface area contributed by atoms with E-state index in [0.29, 0.717) is 11.5 Å². The van der Waals surface area contributed by atoms with Crippen molar-refractivity contribution >= 4 is 115 Å². The van der Waals surface area contributed by atoms with Gasteiger partial charge in [0, 0.05) is 61.4 Å². The number of aromatic nitrogens is 3. The van der Waals surface area contributed by atoms with Crippen molar-refractivity contribution in [2.24, 2.45) is 4.99 Å². The van der Waals surface area contributed by atoms with Crippen molar-refractivity contribution in [1.29, 1.82) is 0 Å². The summed E-state index contributed by atoms with van der Waals surface area (Å²) in [6.07, 6.45) is 5.69. The number of aliphatic imine (C=N–C) groups is 1. The summed E-state index contributed by atoms with van der Waals surface area (Å²) >= 11 is 0. The molecule has 83 heavy (non-hydrogen) atoms. The normalized spacial score (nSPS) is 12.2. The monoisotopic (exact) mass is 1240 g/mol. The molecule has 0 saturated heterocycles. The van der Waals surface area contributed by atoms with E-state index in [4.69, 9.17) is 14.7 Å². The Morgan fingerprint density at radius 3 is 1.40 bits per heavy atom. The van der Waals surface area contributed by atoms with Gasteiger partial charge in [-0.3, -0.25) is 0 Å². The molecule has 6 heteroatoms. The van der Waals surface area contributed by atoms with Crippen LogP contribution >= 0.6 is 0 Å². The minimum Gasteiger partial charge on any atom is -0.510 e. The van der Waals surface area contributed by atoms with Crippen molar-refractivity contribution < 1.29 is 25.8 Å². The first-order valence-corrected chi connectivity index (χ1v) is 28.1. The SMILES string of the molecule is Cc1c2ccc3c4ccccc4c4ccccc4c4ccc(Oc5[c-]c6c(cc5)c5cccc7c8ccccc8c8ccccc8c8c(C(C)(C)C)ccnc8n6c75)[c-]c4n(c13)[C-]=Nc1ccccc1-c1ccccc1-c1ccccc1-2.[Pt]. The maximum absolute atomic E-state index is 7.18. The summed E-state index contributed by atoms with van der Waals surface area (Å²) < 4.78 is 11.7. The van der Waals surface area contributed by atoms with Gasteiger partial charge in [-0.25, -0.2) is 4.98 Å². The van der Waals surface area contributed by atoms with Crippen LogP contribution in [-0.4, -0.2) is 20.3 Å². The molecule has 0 spiro atoms. The van der Waals surface area contributed by atoms with Gasteiger partial charge in [-0.1, -0.05) is 237 Å². The van der Waals surface area contributed by atoms with Crippen molar-refractivity contribution in [2.75, 3.05) is 0 Å². The van der Waals surface area contributed by atoms with Crippen LogP contribution in [0, 0.1) is 19.1 Å². The number of fused-ring (bicyclic) bond motifs is 24. The molecule has 5 heterocycles. The Kier molecular flexibility index (Phi) is 11.8. The van der Waals surface area contributed by atoms with E-state index in [-0.39, 0.29) is 26.5 Å². The van der Waals surface area contributed by atoms with Gasteiger partial charge in [0.25, 0.3) is 0 Å². The first kappa shape index (κ1) is 50.3. The minimum atomic E-state index is -0.207. The van der Waals surface area contributed by atoms with E-state index in [1.165, 1.54) is 16.3 Å².